The summed E-state index contributed by atoms with van der Waals surface area (Å²) in [6.07, 6.45) is 4.05. The van der Waals surface area contributed by atoms with Crippen molar-refractivity contribution in [3.8, 4) is 11.3 Å². The summed E-state index contributed by atoms with van der Waals surface area (Å²) in [5.74, 6) is 0.200. The molecule has 9 heteroatoms. The number of amides is 2. The van der Waals surface area contributed by atoms with Crippen LogP contribution in [-0.4, -0.2) is 43.6 Å². The Hall–Kier alpha value is -2.65. The van der Waals surface area contributed by atoms with Crippen molar-refractivity contribution in [1.82, 2.24) is 19.7 Å². The van der Waals surface area contributed by atoms with Crippen molar-refractivity contribution in [2.75, 3.05) is 12.3 Å². The molecule has 3 heterocycles. The lowest BCUT2D eigenvalue weighted by Crippen LogP contribution is -2.32. The zero-order chi connectivity index (χ0) is 20.2. The number of thioether (sulfide) groups is 1. The third-order valence-corrected chi connectivity index (χ3v) is 6.41. The van der Waals surface area contributed by atoms with Crippen molar-refractivity contribution in [1.29, 1.82) is 0 Å². The van der Waals surface area contributed by atoms with Gasteiger partial charge in [-0.25, -0.2) is 10.4 Å². The number of nitrogens with zero attached hydrogens (tertiary/aromatic N) is 4. The summed E-state index contributed by atoms with van der Waals surface area (Å²) in [6.45, 7) is 2.71. The van der Waals surface area contributed by atoms with Crippen LogP contribution in [0.4, 0.5) is 0 Å². The monoisotopic (exact) mass is 427 g/mol. The maximum Gasteiger partial charge on any atom is 0.246 e. The van der Waals surface area contributed by atoms with Gasteiger partial charge in [-0.1, -0.05) is 55.4 Å². The number of benzene rings is 1. The van der Waals surface area contributed by atoms with Gasteiger partial charge >= 0.3 is 0 Å². The van der Waals surface area contributed by atoms with Gasteiger partial charge in [-0.3, -0.25) is 18.9 Å². The van der Waals surface area contributed by atoms with Gasteiger partial charge in [-0.05, 0) is 6.42 Å². The number of hydrazone groups is 1. The first-order valence-corrected chi connectivity index (χ1v) is 11.3. The lowest BCUT2D eigenvalue weighted by molar-refractivity contribution is -0.124. The number of thiazole rings is 1. The van der Waals surface area contributed by atoms with Crippen molar-refractivity contribution in [3.63, 3.8) is 0 Å². The first-order valence-electron chi connectivity index (χ1n) is 9.46. The Morgan fingerprint density at radius 1 is 1.31 bits per heavy atom. The number of aromatic nitrogens is 2. The van der Waals surface area contributed by atoms with Gasteiger partial charge in [0.2, 0.25) is 11.8 Å². The Balaban J connectivity index is 1.44. The van der Waals surface area contributed by atoms with Gasteiger partial charge in [0.1, 0.15) is 0 Å². The molecular weight excluding hydrogens is 406 g/mol. The topological polar surface area (TPSA) is 79.1 Å². The van der Waals surface area contributed by atoms with E-state index in [0.717, 1.165) is 34.8 Å². The molecule has 1 aliphatic heterocycles. The molecule has 4 rings (SSSR count). The molecule has 0 saturated carbocycles. The predicted molar refractivity (Wildman–Crippen MR) is 117 cm³/mol. The molecule has 0 unspecified atom stereocenters. The molecule has 1 saturated heterocycles. The number of carbonyl (C=O) groups excluding carboxylic acids is 2. The van der Waals surface area contributed by atoms with Crippen LogP contribution in [0.1, 0.15) is 25.5 Å². The molecule has 0 aliphatic carbocycles. The van der Waals surface area contributed by atoms with Crippen LogP contribution in [0.3, 0.4) is 0 Å². The van der Waals surface area contributed by atoms with E-state index in [4.69, 9.17) is 0 Å². The van der Waals surface area contributed by atoms with Gasteiger partial charge in [0.05, 0.1) is 17.9 Å². The van der Waals surface area contributed by atoms with E-state index in [0.29, 0.717) is 17.5 Å². The number of amidine groups is 1. The largest absolute Gasteiger partial charge is 0.294 e. The SMILES string of the molecule is CCCCN1C(=O)CSC1=NNC(=O)Cc1csc2nc(-c3ccccc3)cn12. The van der Waals surface area contributed by atoms with Gasteiger partial charge in [-0.15, -0.1) is 16.4 Å². The minimum Gasteiger partial charge on any atom is -0.294 e. The van der Waals surface area contributed by atoms with E-state index in [2.05, 4.69) is 22.4 Å². The highest BCUT2D eigenvalue weighted by atomic mass is 32.2. The molecule has 150 valence electrons. The normalized spacial score (nSPS) is 15.6. The minimum absolute atomic E-state index is 0.0443. The van der Waals surface area contributed by atoms with Crippen LogP contribution < -0.4 is 5.43 Å². The van der Waals surface area contributed by atoms with Crippen molar-refractivity contribution < 1.29 is 9.59 Å². The number of rotatable bonds is 7. The zero-order valence-corrected chi connectivity index (χ0v) is 17.6. The smallest absolute Gasteiger partial charge is 0.246 e. The van der Waals surface area contributed by atoms with E-state index < -0.39 is 0 Å². The molecular formula is C20H21N5O2S2. The fourth-order valence-electron chi connectivity index (χ4n) is 3.04. The zero-order valence-electron chi connectivity index (χ0n) is 16.0. The molecule has 7 nitrogen and oxygen atoms in total. The fourth-order valence-corrected chi connectivity index (χ4v) is 4.78. The molecule has 29 heavy (non-hydrogen) atoms. The molecule has 1 N–H and O–H groups in total. The third kappa shape index (κ3) is 4.35. The average molecular weight is 428 g/mol. The predicted octanol–water partition coefficient (Wildman–Crippen LogP) is 3.37. The second-order valence-electron chi connectivity index (χ2n) is 6.67. The summed E-state index contributed by atoms with van der Waals surface area (Å²) in [5.41, 5.74) is 5.38. The maximum absolute atomic E-state index is 12.4. The molecule has 1 aliphatic rings. The van der Waals surface area contributed by atoms with E-state index in [-0.39, 0.29) is 18.2 Å². The Morgan fingerprint density at radius 3 is 2.93 bits per heavy atom. The van der Waals surface area contributed by atoms with Crippen LogP contribution in [0.2, 0.25) is 0 Å². The van der Waals surface area contributed by atoms with Crippen molar-refractivity contribution in [2.24, 2.45) is 5.10 Å². The van der Waals surface area contributed by atoms with E-state index in [1.54, 1.807) is 4.90 Å². The van der Waals surface area contributed by atoms with Crippen molar-refractivity contribution >= 4 is 45.0 Å². The Labute approximate surface area is 176 Å². The van der Waals surface area contributed by atoms with Gasteiger partial charge in [0.15, 0.2) is 10.1 Å². The highest BCUT2D eigenvalue weighted by Crippen LogP contribution is 2.24. The van der Waals surface area contributed by atoms with Crippen LogP contribution >= 0.6 is 23.1 Å². The number of carbonyl (C=O) groups is 2. The quantitative estimate of drug-likeness (QED) is 0.587. The van der Waals surface area contributed by atoms with E-state index in [1.807, 2.05) is 46.3 Å². The summed E-state index contributed by atoms with van der Waals surface area (Å²) >= 11 is 2.86. The fraction of sp³-hybridized carbons (Fsp3) is 0.300. The van der Waals surface area contributed by atoms with Crippen LogP contribution in [0.15, 0.2) is 47.0 Å². The second-order valence-corrected chi connectivity index (χ2v) is 8.44. The van der Waals surface area contributed by atoms with Crippen molar-refractivity contribution in [2.45, 2.75) is 26.2 Å². The lowest BCUT2D eigenvalue weighted by Gasteiger charge is -2.14. The molecule has 0 spiro atoms. The average Bonchev–Trinajstić information content (AvgIpc) is 3.41. The van der Waals surface area contributed by atoms with E-state index >= 15 is 0 Å². The summed E-state index contributed by atoms with van der Waals surface area (Å²) in [7, 11) is 0. The summed E-state index contributed by atoms with van der Waals surface area (Å²) in [4.78, 5) is 31.5. The van der Waals surface area contributed by atoms with Crippen LogP contribution in [0.25, 0.3) is 16.2 Å². The number of hydrogen-bond acceptors (Lipinski definition) is 6. The Bertz CT molecular complexity index is 1060. The van der Waals surface area contributed by atoms with Crippen molar-refractivity contribution in [3.05, 3.63) is 47.6 Å². The number of fused-ring (bicyclic) bond motifs is 1. The summed E-state index contributed by atoms with van der Waals surface area (Å²) in [6, 6.07) is 9.95. The third-order valence-electron chi connectivity index (χ3n) is 4.56. The highest BCUT2D eigenvalue weighted by Gasteiger charge is 2.27. The summed E-state index contributed by atoms with van der Waals surface area (Å²) in [5, 5.41) is 6.69. The first-order chi connectivity index (χ1) is 14.2. The number of unbranched alkanes of at least 4 members (excludes halogenated alkanes) is 1. The molecule has 0 atom stereocenters. The molecule has 2 amide bonds. The lowest BCUT2D eigenvalue weighted by atomic mass is 10.2. The Kier molecular flexibility index (Phi) is 5.96. The number of hydrogen-bond donors (Lipinski definition) is 1. The molecule has 1 fully saturated rings. The number of imidazole rings is 1. The molecule has 2 aromatic heterocycles. The van der Waals surface area contributed by atoms with Crippen LogP contribution in [-0.2, 0) is 16.0 Å². The molecule has 3 aromatic rings. The van der Waals surface area contributed by atoms with Gasteiger partial charge in [0.25, 0.3) is 0 Å². The molecule has 0 bridgehead atoms. The van der Waals surface area contributed by atoms with Gasteiger partial charge < -0.3 is 0 Å². The van der Waals surface area contributed by atoms with Gasteiger partial charge in [-0.2, -0.15) is 0 Å². The maximum atomic E-state index is 12.4. The Morgan fingerprint density at radius 2 is 2.14 bits per heavy atom. The first kappa shape index (κ1) is 19.7. The van der Waals surface area contributed by atoms with E-state index in [9.17, 15) is 9.59 Å². The summed E-state index contributed by atoms with van der Waals surface area (Å²) < 4.78 is 1.95. The van der Waals surface area contributed by atoms with Gasteiger partial charge in [0, 0.05) is 29.4 Å². The minimum atomic E-state index is -0.220. The van der Waals surface area contributed by atoms with Crippen LogP contribution in [0, 0.1) is 0 Å². The molecule has 0 radical (unpaired) electrons. The number of nitrogens with one attached hydrogen (secondary N) is 1. The second kappa shape index (κ2) is 8.79. The van der Waals surface area contributed by atoms with Crippen LogP contribution in [0.5, 0.6) is 0 Å². The highest BCUT2D eigenvalue weighted by molar-refractivity contribution is 8.15. The molecule has 1 aromatic carbocycles. The standard InChI is InChI=1S/C20H21N5O2S2/c1-2-3-9-24-18(27)13-29-20(24)23-22-17(26)10-15-12-28-19-21-16(11-25(15)19)14-7-5-4-6-8-14/h4-8,11-12H,2-3,9-10,13H2,1H3,(H,22,26). The van der Waals surface area contributed by atoms with E-state index in [1.165, 1.54) is 23.1 Å².